The Morgan fingerprint density at radius 1 is 1.23 bits per heavy atom. The van der Waals surface area contributed by atoms with E-state index in [4.69, 9.17) is 21.6 Å². The average Bonchev–Trinajstić information content (AvgIpc) is 2.93. The molecule has 0 atom stereocenters. The van der Waals surface area contributed by atoms with E-state index in [2.05, 4.69) is 4.98 Å². The van der Waals surface area contributed by atoms with Crippen molar-refractivity contribution in [3.8, 4) is 11.8 Å². The van der Waals surface area contributed by atoms with E-state index in [0.717, 1.165) is 20.8 Å². The van der Waals surface area contributed by atoms with Crippen molar-refractivity contribution < 1.29 is 4.74 Å². The lowest BCUT2D eigenvalue weighted by atomic mass is 10.2. The van der Waals surface area contributed by atoms with Crippen LogP contribution in [0.4, 0.5) is 0 Å². The van der Waals surface area contributed by atoms with Crippen LogP contribution in [0.25, 0.3) is 22.4 Å². The highest BCUT2D eigenvalue weighted by Gasteiger charge is 2.03. The van der Waals surface area contributed by atoms with Crippen LogP contribution >= 0.6 is 22.9 Å². The van der Waals surface area contributed by atoms with Gasteiger partial charge in [0.2, 0.25) is 0 Å². The molecule has 108 valence electrons. The molecule has 0 amide bonds. The first-order chi connectivity index (χ1) is 10.8. The Morgan fingerprint density at radius 3 is 2.95 bits per heavy atom. The molecule has 0 spiro atoms. The number of hydrogen-bond donors (Lipinski definition) is 0. The van der Waals surface area contributed by atoms with Crippen LogP contribution < -0.4 is 4.74 Å². The predicted octanol–water partition coefficient (Wildman–Crippen LogP) is 5.02. The van der Waals surface area contributed by atoms with Gasteiger partial charge in [-0.1, -0.05) is 29.8 Å². The molecule has 0 bridgehead atoms. The molecule has 0 fully saturated rings. The monoisotopic (exact) mass is 326 g/mol. The summed E-state index contributed by atoms with van der Waals surface area (Å²) in [5.41, 5.74) is 1.81. The number of ether oxygens (including phenoxy) is 1. The SMILES string of the molecule is N#CCOc1ccccc1/C=C/c1nc2cc(Cl)ccc2s1. The molecule has 1 aromatic heterocycles. The quantitative estimate of drug-likeness (QED) is 0.676. The number of rotatable bonds is 4. The van der Waals surface area contributed by atoms with Gasteiger partial charge in [-0.2, -0.15) is 5.26 Å². The number of nitrogens with zero attached hydrogens (tertiary/aromatic N) is 2. The summed E-state index contributed by atoms with van der Waals surface area (Å²) in [5, 5.41) is 10.2. The number of para-hydroxylation sites is 1. The lowest BCUT2D eigenvalue weighted by Crippen LogP contribution is -1.94. The Hall–Kier alpha value is -2.35. The van der Waals surface area contributed by atoms with E-state index in [1.807, 2.05) is 60.7 Å². The first-order valence-corrected chi connectivity index (χ1v) is 7.78. The molecule has 0 saturated carbocycles. The largest absolute Gasteiger partial charge is 0.478 e. The minimum absolute atomic E-state index is 0.0322. The van der Waals surface area contributed by atoms with Crippen molar-refractivity contribution in [2.24, 2.45) is 0 Å². The summed E-state index contributed by atoms with van der Waals surface area (Å²) in [6.07, 6.45) is 3.87. The van der Waals surface area contributed by atoms with Gasteiger partial charge in [-0.15, -0.1) is 11.3 Å². The van der Waals surface area contributed by atoms with Crippen LogP contribution in [0.1, 0.15) is 10.6 Å². The summed E-state index contributed by atoms with van der Waals surface area (Å²) in [5.74, 6) is 0.685. The first-order valence-electron chi connectivity index (χ1n) is 6.59. The fourth-order valence-electron chi connectivity index (χ4n) is 2.01. The molecule has 2 aromatic carbocycles. The molecule has 0 saturated heterocycles. The Labute approximate surface area is 137 Å². The summed E-state index contributed by atoms with van der Waals surface area (Å²) < 4.78 is 6.50. The lowest BCUT2D eigenvalue weighted by Gasteiger charge is -2.04. The molecule has 0 aliphatic carbocycles. The van der Waals surface area contributed by atoms with Gasteiger partial charge >= 0.3 is 0 Å². The number of nitriles is 1. The highest BCUT2D eigenvalue weighted by atomic mass is 35.5. The number of aromatic nitrogens is 1. The minimum atomic E-state index is 0.0322. The van der Waals surface area contributed by atoms with Crippen LogP contribution in [0.5, 0.6) is 5.75 Å². The van der Waals surface area contributed by atoms with E-state index in [1.165, 1.54) is 0 Å². The van der Waals surface area contributed by atoms with Gasteiger partial charge in [0.15, 0.2) is 6.61 Å². The van der Waals surface area contributed by atoms with Crippen molar-refractivity contribution in [2.45, 2.75) is 0 Å². The Morgan fingerprint density at radius 2 is 2.09 bits per heavy atom. The molecule has 0 radical (unpaired) electrons. The van der Waals surface area contributed by atoms with Gasteiger partial charge in [0.05, 0.1) is 10.2 Å². The zero-order valence-corrected chi connectivity index (χ0v) is 13.1. The maximum absolute atomic E-state index is 8.62. The molecule has 0 unspecified atom stereocenters. The van der Waals surface area contributed by atoms with Gasteiger partial charge in [0.25, 0.3) is 0 Å². The third-order valence-electron chi connectivity index (χ3n) is 2.98. The molecule has 0 aliphatic rings. The average molecular weight is 327 g/mol. The summed E-state index contributed by atoms with van der Waals surface area (Å²) in [4.78, 5) is 4.53. The predicted molar refractivity (Wildman–Crippen MR) is 91.1 cm³/mol. The number of fused-ring (bicyclic) bond motifs is 1. The van der Waals surface area contributed by atoms with E-state index < -0.39 is 0 Å². The molecule has 22 heavy (non-hydrogen) atoms. The maximum atomic E-state index is 8.62. The van der Waals surface area contributed by atoms with Gasteiger partial charge in [0, 0.05) is 10.6 Å². The van der Waals surface area contributed by atoms with Gasteiger partial charge < -0.3 is 4.74 Å². The van der Waals surface area contributed by atoms with Crippen molar-refractivity contribution in [1.82, 2.24) is 4.98 Å². The van der Waals surface area contributed by atoms with E-state index in [9.17, 15) is 0 Å². The normalized spacial score (nSPS) is 10.9. The van der Waals surface area contributed by atoms with E-state index >= 15 is 0 Å². The van der Waals surface area contributed by atoms with E-state index in [1.54, 1.807) is 11.3 Å². The van der Waals surface area contributed by atoms with Gasteiger partial charge in [0.1, 0.15) is 16.8 Å². The molecule has 1 heterocycles. The summed E-state index contributed by atoms with van der Waals surface area (Å²) >= 11 is 7.57. The van der Waals surface area contributed by atoms with Crippen LogP contribution in [0.2, 0.25) is 5.02 Å². The fraction of sp³-hybridized carbons (Fsp3) is 0.0588. The van der Waals surface area contributed by atoms with Gasteiger partial charge in [-0.25, -0.2) is 4.98 Å². The molecular weight excluding hydrogens is 316 g/mol. The van der Waals surface area contributed by atoms with Crippen LogP contribution in [0, 0.1) is 11.3 Å². The lowest BCUT2D eigenvalue weighted by molar-refractivity contribution is 0.367. The summed E-state index contributed by atoms with van der Waals surface area (Å²) in [6.45, 7) is 0.0322. The highest BCUT2D eigenvalue weighted by Crippen LogP contribution is 2.27. The van der Waals surface area contributed by atoms with E-state index in [0.29, 0.717) is 10.8 Å². The van der Waals surface area contributed by atoms with Crippen molar-refractivity contribution >= 4 is 45.3 Å². The van der Waals surface area contributed by atoms with Crippen LogP contribution in [-0.2, 0) is 0 Å². The third-order valence-corrected chi connectivity index (χ3v) is 4.22. The smallest absolute Gasteiger partial charge is 0.174 e. The Bertz CT molecular complexity index is 880. The summed E-state index contributed by atoms with van der Waals surface area (Å²) in [6, 6.07) is 15.2. The van der Waals surface area contributed by atoms with Crippen molar-refractivity contribution in [2.75, 3.05) is 6.61 Å². The van der Waals surface area contributed by atoms with Crippen molar-refractivity contribution in [3.05, 3.63) is 58.1 Å². The first kappa shape index (κ1) is 14.6. The zero-order chi connectivity index (χ0) is 15.4. The van der Waals surface area contributed by atoms with Crippen LogP contribution in [-0.4, -0.2) is 11.6 Å². The molecular formula is C17H11ClN2OS. The molecule has 3 nitrogen and oxygen atoms in total. The number of hydrogen-bond acceptors (Lipinski definition) is 4. The number of benzene rings is 2. The Balaban J connectivity index is 1.88. The second-order valence-electron chi connectivity index (χ2n) is 4.48. The molecule has 0 aliphatic heterocycles. The highest BCUT2D eigenvalue weighted by molar-refractivity contribution is 7.19. The molecule has 5 heteroatoms. The third kappa shape index (κ3) is 3.28. The van der Waals surface area contributed by atoms with Crippen LogP contribution in [0.3, 0.4) is 0 Å². The molecule has 0 N–H and O–H groups in total. The van der Waals surface area contributed by atoms with Gasteiger partial charge in [-0.05, 0) is 36.4 Å². The maximum Gasteiger partial charge on any atom is 0.174 e. The second-order valence-corrected chi connectivity index (χ2v) is 5.98. The Kier molecular flexibility index (Phi) is 4.38. The van der Waals surface area contributed by atoms with Crippen LogP contribution in [0.15, 0.2) is 42.5 Å². The number of thiazole rings is 1. The molecule has 3 rings (SSSR count). The zero-order valence-electron chi connectivity index (χ0n) is 11.5. The minimum Gasteiger partial charge on any atom is -0.478 e. The topological polar surface area (TPSA) is 45.9 Å². The van der Waals surface area contributed by atoms with Gasteiger partial charge in [-0.3, -0.25) is 0 Å². The molecule has 3 aromatic rings. The fourth-order valence-corrected chi connectivity index (χ4v) is 3.03. The van der Waals surface area contributed by atoms with Crippen molar-refractivity contribution in [1.29, 1.82) is 5.26 Å². The summed E-state index contributed by atoms with van der Waals surface area (Å²) in [7, 11) is 0. The number of halogens is 1. The standard InChI is InChI=1S/C17H11ClN2OS/c18-13-6-7-16-14(11-13)20-17(22-16)8-5-12-3-1-2-4-15(12)21-10-9-19/h1-8,11H,10H2/b8-5+. The second kappa shape index (κ2) is 6.61. The van der Waals surface area contributed by atoms with Crippen molar-refractivity contribution in [3.63, 3.8) is 0 Å². The van der Waals surface area contributed by atoms with E-state index in [-0.39, 0.29) is 6.61 Å².